The summed E-state index contributed by atoms with van der Waals surface area (Å²) in [7, 11) is 0. The zero-order valence-electron chi connectivity index (χ0n) is 14.5. The predicted molar refractivity (Wildman–Crippen MR) is 98.5 cm³/mol. The van der Waals surface area contributed by atoms with Crippen molar-refractivity contribution in [1.29, 1.82) is 0 Å². The molecule has 2 aromatic heterocycles. The van der Waals surface area contributed by atoms with Crippen LogP contribution in [0.1, 0.15) is 20.8 Å². The predicted octanol–water partition coefficient (Wildman–Crippen LogP) is 4.04. The van der Waals surface area contributed by atoms with E-state index in [-0.39, 0.29) is 5.97 Å². The molecule has 4 rings (SSSR count). The van der Waals surface area contributed by atoms with Gasteiger partial charge in [-0.05, 0) is 39.0 Å². The van der Waals surface area contributed by atoms with Crippen molar-refractivity contribution in [3.63, 3.8) is 0 Å². The van der Waals surface area contributed by atoms with Gasteiger partial charge >= 0.3 is 5.97 Å². The minimum Gasteiger partial charge on any atom is -0.464 e. The number of carbonyl (C=O) groups is 1. The lowest BCUT2D eigenvalue weighted by Crippen LogP contribution is -2.37. The monoisotopic (exact) mass is 333 g/mol. The molecule has 0 spiro atoms. The Hall–Kier alpha value is -2.95. The maximum absolute atomic E-state index is 12.6. The zero-order valence-corrected chi connectivity index (χ0v) is 14.5. The molecule has 25 heavy (non-hydrogen) atoms. The Morgan fingerprint density at radius 3 is 2.40 bits per heavy atom. The van der Waals surface area contributed by atoms with Crippen LogP contribution in [0, 0.1) is 0 Å². The molecule has 126 valence electrons. The molecule has 2 heterocycles. The van der Waals surface area contributed by atoms with Gasteiger partial charge in [-0.1, -0.05) is 30.3 Å². The number of benzene rings is 2. The van der Waals surface area contributed by atoms with Gasteiger partial charge in [0.25, 0.3) is 0 Å². The minimum absolute atomic E-state index is 0.285. The van der Waals surface area contributed by atoms with Crippen LogP contribution in [0.15, 0.2) is 48.5 Å². The molecule has 0 fully saturated rings. The third-order valence-electron chi connectivity index (χ3n) is 4.50. The van der Waals surface area contributed by atoms with Crippen LogP contribution in [0.4, 0.5) is 0 Å². The largest absolute Gasteiger partial charge is 0.464 e. The Morgan fingerprint density at radius 2 is 1.68 bits per heavy atom. The summed E-state index contributed by atoms with van der Waals surface area (Å²) in [5.41, 5.74) is 3.16. The number of esters is 1. The van der Waals surface area contributed by atoms with E-state index in [1.165, 1.54) is 0 Å². The summed E-state index contributed by atoms with van der Waals surface area (Å²) in [5.74, 6) is -0.285. The average Bonchev–Trinajstić information content (AvgIpc) is 2.94. The normalized spacial score (nSPS) is 12.1. The van der Waals surface area contributed by atoms with Gasteiger partial charge in [-0.3, -0.25) is 0 Å². The van der Waals surface area contributed by atoms with Crippen LogP contribution in [0.3, 0.4) is 0 Å². The fraction of sp³-hybridized carbons (Fsp3) is 0.250. The minimum atomic E-state index is -0.894. The van der Waals surface area contributed by atoms with Crippen molar-refractivity contribution in [2.75, 3.05) is 6.61 Å². The summed E-state index contributed by atoms with van der Waals surface area (Å²) in [6.07, 6.45) is 0. The quantitative estimate of drug-likeness (QED) is 0.531. The first-order valence-corrected chi connectivity index (χ1v) is 8.37. The first-order chi connectivity index (χ1) is 12.0. The molecule has 0 saturated carbocycles. The lowest BCUT2D eigenvalue weighted by molar-refractivity contribution is -0.151. The highest BCUT2D eigenvalue weighted by Gasteiger charge is 2.35. The molecular formula is C20H19N3O2. The third-order valence-corrected chi connectivity index (χ3v) is 4.50. The standard InChI is InChI=1S/C20H19N3O2/c1-4-25-19(24)20(2,3)23-16-12-8-5-9-13(16)17-18(23)22-15-11-7-6-10-14(15)21-17/h5-12H,4H2,1-3H3. The number of fused-ring (bicyclic) bond motifs is 4. The Morgan fingerprint density at radius 1 is 1.04 bits per heavy atom. The highest BCUT2D eigenvalue weighted by atomic mass is 16.5. The van der Waals surface area contributed by atoms with Gasteiger partial charge in [0.1, 0.15) is 11.1 Å². The van der Waals surface area contributed by atoms with Gasteiger partial charge in [0, 0.05) is 5.39 Å². The summed E-state index contributed by atoms with van der Waals surface area (Å²) in [6, 6.07) is 15.7. The molecule has 4 aromatic rings. The van der Waals surface area contributed by atoms with E-state index in [2.05, 4.69) is 0 Å². The van der Waals surface area contributed by atoms with Gasteiger partial charge in [-0.25, -0.2) is 14.8 Å². The van der Waals surface area contributed by atoms with Gasteiger partial charge in [0.05, 0.1) is 23.2 Å². The number of carbonyl (C=O) groups excluding carboxylic acids is 1. The van der Waals surface area contributed by atoms with Crippen LogP contribution in [0.25, 0.3) is 33.1 Å². The van der Waals surface area contributed by atoms with Crippen LogP contribution >= 0.6 is 0 Å². The SMILES string of the molecule is CCOC(=O)C(C)(C)n1c2ccccc2c2nc3ccccc3nc21. The summed E-state index contributed by atoms with van der Waals surface area (Å²) < 4.78 is 7.25. The van der Waals surface area contributed by atoms with E-state index in [1.807, 2.05) is 73.9 Å². The van der Waals surface area contributed by atoms with Crippen molar-refractivity contribution in [1.82, 2.24) is 14.5 Å². The molecule has 0 radical (unpaired) electrons. The molecule has 0 aliphatic carbocycles. The summed E-state index contributed by atoms with van der Waals surface area (Å²) in [4.78, 5) is 22.2. The smallest absolute Gasteiger partial charge is 0.331 e. The van der Waals surface area contributed by atoms with Crippen molar-refractivity contribution < 1.29 is 9.53 Å². The zero-order chi connectivity index (χ0) is 17.6. The van der Waals surface area contributed by atoms with E-state index in [4.69, 9.17) is 14.7 Å². The van der Waals surface area contributed by atoms with Crippen molar-refractivity contribution in [3.8, 4) is 0 Å². The van der Waals surface area contributed by atoms with Crippen LogP contribution in [-0.2, 0) is 15.1 Å². The summed E-state index contributed by atoms with van der Waals surface area (Å²) >= 11 is 0. The highest BCUT2D eigenvalue weighted by molar-refractivity contribution is 6.07. The average molecular weight is 333 g/mol. The van der Waals surface area contributed by atoms with Crippen molar-refractivity contribution >= 4 is 39.1 Å². The Bertz CT molecular complexity index is 1110. The van der Waals surface area contributed by atoms with Gasteiger partial charge in [0.15, 0.2) is 5.65 Å². The Labute approximate surface area is 145 Å². The van der Waals surface area contributed by atoms with Crippen LogP contribution in [0.5, 0.6) is 0 Å². The molecule has 0 aliphatic heterocycles. The number of nitrogens with zero attached hydrogens (tertiary/aromatic N) is 3. The number of rotatable bonds is 3. The third kappa shape index (κ3) is 2.27. The fourth-order valence-electron chi connectivity index (χ4n) is 3.28. The van der Waals surface area contributed by atoms with Crippen LogP contribution < -0.4 is 0 Å². The molecule has 0 unspecified atom stereocenters. The van der Waals surface area contributed by atoms with Gasteiger partial charge in [0.2, 0.25) is 0 Å². The number of hydrogen-bond acceptors (Lipinski definition) is 4. The topological polar surface area (TPSA) is 57.0 Å². The van der Waals surface area contributed by atoms with Gasteiger partial charge in [-0.15, -0.1) is 0 Å². The van der Waals surface area contributed by atoms with E-state index in [0.717, 1.165) is 27.5 Å². The number of hydrogen-bond donors (Lipinski definition) is 0. The molecule has 0 amide bonds. The molecule has 0 atom stereocenters. The van der Waals surface area contributed by atoms with E-state index < -0.39 is 5.54 Å². The number of para-hydroxylation sites is 3. The molecular weight excluding hydrogens is 314 g/mol. The Balaban J connectivity index is 2.14. The van der Waals surface area contributed by atoms with E-state index in [0.29, 0.717) is 12.3 Å². The Kier molecular flexibility index (Phi) is 3.46. The van der Waals surface area contributed by atoms with Gasteiger partial charge in [-0.2, -0.15) is 0 Å². The first-order valence-electron chi connectivity index (χ1n) is 8.37. The molecule has 0 bridgehead atoms. The van der Waals surface area contributed by atoms with Crippen molar-refractivity contribution in [3.05, 3.63) is 48.5 Å². The van der Waals surface area contributed by atoms with Crippen LogP contribution in [-0.4, -0.2) is 27.1 Å². The number of aromatic nitrogens is 3. The maximum Gasteiger partial charge on any atom is 0.331 e. The van der Waals surface area contributed by atoms with Crippen LogP contribution in [0.2, 0.25) is 0 Å². The molecule has 5 nitrogen and oxygen atoms in total. The lowest BCUT2D eigenvalue weighted by atomic mass is 10.1. The van der Waals surface area contributed by atoms with Crippen molar-refractivity contribution in [2.24, 2.45) is 0 Å². The maximum atomic E-state index is 12.6. The molecule has 5 heteroatoms. The highest BCUT2D eigenvalue weighted by Crippen LogP contribution is 2.33. The molecule has 0 saturated heterocycles. The lowest BCUT2D eigenvalue weighted by Gasteiger charge is -2.26. The summed E-state index contributed by atoms with van der Waals surface area (Å²) in [6.45, 7) is 5.86. The molecule has 2 aromatic carbocycles. The van der Waals surface area contributed by atoms with E-state index in [9.17, 15) is 4.79 Å². The second-order valence-corrected chi connectivity index (χ2v) is 6.52. The number of ether oxygens (including phenoxy) is 1. The second-order valence-electron chi connectivity index (χ2n) is 6.52. The van der Waals surface area contributed by atoms with E-state index >= 15 is 0 Å². The first kappa shape index (κ1) is 15.6. The second kappa shape index (κ2) is 5.55. The van der Waals surface area contributed by atoms with Crippen molar-refractivity contribution in [2.45, 2.75) is 26.3 Å². The molecule has 0 aliphatic rings. The fourth-order valence-corrected chi connectivity index (χ4v) is 3.28. The molecule has 0 N–H and O–H groups in total. The summed E-state index contributed by atoms with van der Waals surface area (Å²) in [5, 5.41) is 0.980. The van der Waals surface area contributed by atoms with E-state index in [1.54, 1.807) is 0 Å². The van der Waals surface area contributed by atoms with Gasteiger partial charge < -0.3 is 9.30 Å².